The Kier molecular flexibility index (Phi) is 3.29. The molecule has 0 spiro atoms. The molecule has 0 aliphatic carbocycles. The smallest absolute Gasteiger partial charge is 0.295 e. The van der Waals surface area contributed by atoms with Gasteiger partial charge < -0.3 is 4.74 Å². The summed E-state index contributed by atoms with van der Waals surface area (Å²) >= 11 is 0. The molecule has 2 aromatic rings. The number of unbranched alkanes of at least 4 members (excludes halogenated alkanes) is 1. The van der Waals surface area contributed by atoms with Crippen molar-refractivity contribution in [3.8, 4) is 0 Å². The maximum Gasteiger partial charge on any atom is 0.295 e. The number of fused-ring (bicyclic) bond motifs is 1. The molecule has 7 heteroatoms. The number of aromatic amines is 1. The highest BCUT2D eigenvalue weighted by molar-refractivity contribution is 5.68. The van der Waals surface area contributed by atoms with Crippen LogP contribution in [-0.2, 0) is 4.74 Å². The molecule has 0 radical (unpaired) electrons. The van der Waals surface area contributed by atoms with Crippen LogP contribution in [0.4, 0.5) is 0 Å². The van der Waals surface area contributed by atoms with Crippen molar-refractivity contribution >= 4 is 11.2 Å². The molecule has 1 fully saturated rings. The van der Waals surface area contributed by atoms with Crippen molar-refractivity contribution in [3.63, 3.8) is 0 Å². The Morgan fingerprint density at radius 3 is 3.26 bits per heavy atom. The Labute approximate surface area is 110 Å². The molecular weight excluding hydrogens is 246 g/mol. The van der Waals surface area contributed by atoms with E-state index in [1.165, 1.54) is 12.8 Å². The normalized spacial score (nSPS) is 23.2. The Bertz CT molecular complexity index is 620. The first-order valence-corrected chi connectivity index (χ1v) is 6.73. The average molecular weight is 263 g/mol. The quantitative estimate of drug-likeness (QED) is 0.900. The number of rotatable bonds is 4. The standard InChI is InChI=1S/C12H17N5O2/c1-2-3-4-8-5-6-9(19-8)17-7-13-10-11(17)14-16-15-12(10)18/h7-9H,2-6H2,1H3,(H,14,15,18). The first-order chi connectivity index (χ1) is 9.29. The maximum absolute atomic E-state index is 11.5. The maximum atomic E-state index is 11.5. The molecule has 7 nitrogen and oxygen atoms in total. The predicted molar refractivity (Wildman–Crippen MR) is 68.6 cm³/mol. The molecule has 0 amide bonds. The van der Waals surface area contributed by atoms with Gasteiger partial charge in [-0.3, -0.25) is 9.36 Å². The summed E-state index contributed by atoms with van der Waals surface area (Å²) in [5, 5.41) is 9.81. The van der Waals surface area contributed by atoms with E-state index in [1.807, 2.05) is 4.57 Å². The number of aromatic nitrogens is 5. The number of hydrogen-bond donors (Lipinski definition) is 1. The molecule has 2 atom stereocenters. The molecule has 3 rings (SSSR count). The van der Waals surface area contributed by atoms with Crippen molar-refractivity contribution in [2.75, 3.05) is 0 Å². The Hall–Kier alpha value is -1.76. The van der Waals surface area contributed by atoms with Crippen molar-refractivity contribution in [3.05, 3.63) is 16.7 Å². The molecule has 1 aliphatic heterocycles. The lowest BCUT2D eigenvalue weighted by Crippen LogP contribution is -2.14. The Morgan fingerprint density at radius 2 is 2.42 bits per heavy atom. The zero-order valence-electron chi connectivity index (χ0n) is 10.9. The van der Waals surface area contributed by atoms with E-state index < -0.39 is 0 Å². The number of nitrogens with one attached hydrogen (secondary N) is 1. The van der Waals surface area contributed by atoms with Crippen LogP contribution in [0.1, 0.15) is 45.3 Å². The summed E-state index contributed by atoms with van der Waals surface area (Å²) in [5.41, 5.74) is 0.491. The van der Waals surface area contributed by atoms with Gasteiger partial charge in [0.15, 0.2) is 11.2 Å². The van der Waals surface area contributed by atoms with Gasteiger partial charge in [0.2, 0.25) is 0 Å². The first kappa shape index (κ1) is 12.3. The lowest BCUT2D eigenvalue weighted by atomic mass is 10.1. The number of nitrogens with zero attached hydrogens (tertiary/aromatic N) is 4. The van der Waals surface area contributed by atoms with Crippen LogP contribution in [0.15, 0.2) is 11.1 Å². The van der Waals surface area contributed by atoms with Crippen molar-refractivity contribution < 1.29 is 4.74 Å². The van der Waals surface area contributed by atoms with Gasteiger partial charge in [-0.2, -0.15) is 0 Å². The molecule has 19 heavy (non-hydrogen) atoms. The van der Waals surface area contributed by atoms with Crippen LogP contribution in [0.3, 0.4) is 0 Å². The van der Waals surface area contributed by atoms with E-state index in [-0.39, 0.29) is 11.8 Å². The molecule has 1 aliphatic rings. The molecule has 1 saturated heterocycles. The molecule has 0 bridgehead atoms. The van der Waals surface area contributed by atoms with Gasteiger partial charge in [-0.1, -0.05) is 25.0 Å². The van der Waals surface area contributed by atoms with Crippen LogP contribution in [0, 0.1) is 0 Å². The fraction of sp³-hybridized carbons (Fsp3) is 0.667. The molecule has 1 N–H and O–H groups in total. The summed E-state index contributed by atoms with van der Waals surface area (Å²) in [4.78, 5) is 15.6. The van der Waals surface area contributed by atoms with E-state index in [4.69, 9.17) is 4.74 Å². The third kappa shape index (κ3) is 2.25. The second-order valence-corrected chi connectivity index (χ2v) is 4.90. The minimum Gasteiger partial charge on any atom is -0.355 e. The van der Waals surface area contributed by atoms with Gasteiger partial charge in [0, 0.05) is 0 Å². The molecule has 3 heterocycles. The highest BCUT2D eigenvalue weighted by atomic mass is 16.5. The summed E-state index contributed by atoms with van der Waals surface area (Å²) in [5.74, 6) is 0. The van der Waals surface area contributed by atoms with Gasteiger partial charge in [0.1, 0.15) is 6.23 Å². The van der Waals surface area contributed by atoms with Crippen LogP contribution >= 0.6 is 0 Å². The third-order valence-corrected chi connectivity index (χ3v) is 3.55. The fourth-order valence-electron chi connectivity index (χ4n) is 2.53. The van der Waals surface area contributed by atoms with Gasteiger partial charge >= 0.3 is 0 Å². The van der Waals surface area contributed by atoms with E-state index in [1.54, 1.807) is 6.33 Å². The lowest BCUT2D eigenvalue weighted by molar-refractivity contribution is -0.000223. The Balaban J connectivity index is 1.82. The van der Waals surface area contributed by atoms with Gasteiger partial charge in [0.25, 0.3) is 5.56 Å². The van der Waals surface area contributed by atoms with Crippen LogP contribution in [0.5, 0.6) is 0 Å². The van der Waals surface area contributed by atoms with Crippen molar-refractivity contribution in [2.45, 2.75) is 51.4 Å². The predicted octanol–water partition coefficient (Wildman–Crippen LogP) is 1.38. The second kappa shape index (κ2) is 5.08. The van der Waals surface area contributed by atoms with Crippen LogP contribution in [-0.4, -0.2) is 31.1 Å². The average Bonchev–Trinajstić information content (AvgIpc) is 3.02. The van der Waals surface area contributed by atoms with E-state index >= 15 is 0 Å². The van der Waals surface area contributed by atoms with Gasteiger partial charge in [-0.15, -0.1) is 5.10 Å². The Morgan fingerprint density at radius 1 is 1.53 bits per heavy atom. The van der Waals surface area contributed by atoms with Crippen LogP contribution in [0.2, 0.25) is 0 Å². The highest BCUT2D eigenvalue weighted by Crippen LogP contribution is 2.31. The molecule has 2 unspecified atom stereocenters. The SMILES string of the molecule is CCCCC1CCC(n2cnc3c(=O)[nH]nnc32)O1. The number of imidazole rings is 1. The zero-order valence-corrected chi connectivity index (χ0v) is 10.9. The topological polar surface area (TPSA) is 85.7 Å². The fourth-order valence-corrected chi connectivity index (χ4v) is 2.53. The molecule has 2 aromatic heterocycles. The highest BCUT2D eigenvalue weighted by Gasteiger charge is 2.27. The van der Waals surface area contributed by atoms with Crippen molar-refractivity contribution in [2.24, 2.45) is 0 Å². The van der Waals surface area contributed by atoms with Crippen molar-refractivity contribution in [1.82, 2.24) is 25.0 Å². The van der Waals surface area contributed by atoms with Crippen LogP contribution < -0.4 is 5.56 Å². The molecule has 0 aromatic carbocycles. The third-order valence-electron chi connectivity index (χ3n) is 3.55. The van der Waals surface area contributed by atoms with E-state index in [0.717, 1.165) is 19.3 Å². The van der Waals surface area contributed by atoms with Gasteiger partial charge in [-0.25, -0.2) is 10.1 Å². The van der Waals surface area contributed by atoms with E-state index in [0.29, 0.717) is 17.3 Å². The number of ether oxygens (including phenoxy) is 1. The second-order valence-electron chi connectivity index (χ2n) is 4.90. The summed E-state index contributed by atoms with van der Waals surface area (Å²) in [6.45, 7) is 2.18. The minimum absolute atomic E-state index is 0.0806. The summed E-state index contributed by atoms with van der Waals surface area (Å²) < 4.78 is 7.81. The summed E-state index contributed by atoms with van der Waals surface area (Å²) in [7, 11) is 0. The summed E-state index contributed by atoms with van der Waals surface area (Å²) in [6.07, 6.45) is 7.25. The summed E-state index contributed by atoms with van der Waals surface area (Å²) in [6, 6.07) is 0. The van der Waals surface area contributed by atoms with Gasteiger partial charge in [0.05, 0.1) is 12.4 Å². The van der Waals surface area contributed by atoms with E-state index in [2.05, 4.69) is 27.3 Å². The largest absolute Gasteiger partial charge is 0.355 e. The number of H-pyrrole nitrogens is 1. The molecule has 0 saturated carbocycles. The molecule has 102 valence electrons. The molecular formula is C12H17N5O2. The minimum atomic E-state index is -0.315. The lowest BCUT2D eigenvalue weighted by Gasteiger charge is -2.14. The number of hydrogen-bond acceptors (Lipinski definition) is 5. The zero-order chi connectivity index (χ0) is 13.2. The van der Waals surface area contributed by atoms with Gasteiger partial charge in [-0.05, 0) is 19.3 Å². The monoisotopic (exact) mass is 263 g/mol. The van der Waals surface area contributed by atoms with E-state index in [9.17, 15) is 4.79 Å². The first-order valence-electron chi connectivity index (χ1n) is 6.73. The van der Waals surface area contributed by atoms with Crippen molar-refractivity contribution in [1.29, 1.82) is 0 Å². The van der Waals surface area contributed by atoms with Crippen LogP contribution in [0.25, 0.3) is 11.2 Å².